The molecule has 0 fully saturated rings. The summed E-state index contributed by atoms with van der Waals surface area (Å²) in [5.41, 5.74) is 6.68. The molecule has 1 rings (SSSR count). The molecule has 0 aliphatic carbocycles. The van der Waals surface area contributed by atoms with Gasteiger partial charge in [0.05, 0.1) is 13.2 Å². The minimum atomic E-state index is -0.371. The molecule has 1 aromatic carbocycles. The Kier molecular flexibility index (Phi) is 3.58. The van der Waals surface area contributed by atoms with E-state index in [1.165, 1.54) is 0 Å². The number of hydrogen-bond acceptors (Lipinski definition) is 2. The van der Waals surface area contributed by atoms with Crippen molar-refractivity contribution in [2.45, 2.75) is 6.42 Å². The lowest BCUT2D eigenvalue weighted by Gasteiger charge is -1.99. The molecule has 0 atom stereocenters. The molecular weight excluding hydrogens is 169 g/mol. The molecule has 0 heterocycles. The Bertz CT molecular complexity index is 281. The summed E-state index contributed by atoms with van der Waals surface area (Å²) in [6.07, 6.45) is 0.400. The van der Waals surface area contributed by atoms with E-state index in [1.54, 1.807) is 24.3 Å². The second-order valence-corrected chi connectivity index (χ2v) is 2.76. The van der Waals surface area contributed by atoms with Gasteiger partial charge in [-0.1, -0.05) is 24.3 Å². The summed E-state index contributed by atoms with van der Waals surface area (Å²) in [7, 11) is 0. The number of ketones is 1. The van der Waals surface area contributed by atoms with Crippen LogP contribution in [0.5, 0.6) is 0 Å². The molecule has 0 radical (unpaired) electrons. The zero-order chi connectivity index (χ0) is 9.68. The van der Waals surface area contributed by atoms with E-state index < -0.39 is 0 Å². The number of aryl methyl sites for hydroxylation is 1. The van der Waals surface area contributed by atoms with Crippen LogP contribution in [0.1, 0.15) is 15.9 Å². The quantitative estimate of drug-likeness (QED) is 0.712. The lowest BCUT2D eigenvalue weighted by atomic mass is 10.1. The van der Waals surface area contributed by atoms with Crippen LogP contribution in [-0.4, -0.2) is 19.0 Å². The predicted octanol–water partition coefficient (Wildman–Crippen LogP) is 1.34. The SMILES string of the molecule is NCC(=O)c1ccc(CCF)cc1. The van der Waals surface area contributed by atoms with Crippen LogP contribution in [0.2, 0.25) is 0 Å². The number of halogens is 1. The van der Waals surface area contributed by atoms with Gasteiger partial charge < -0.3 is 5.73 Å². The molecule has 0 bridgehead atoms. The summed E-state index contributed by atoms with van der Waals surface area (Å²) in [5, 5.41) is 0. The fourth-order valence-electron chi connectivity index (χ4n) is 1.08. The van der Waals surface area contributed by atoms with Crippen molar-refractivity contribution in [3.63, 3.8) is 0 Å². The third-order valence-corrected chi connectivity index (χ3v) is 1.84. The lowest BCUT2D eigenvalue weighted by molar-refractivity contribution is 0.100. The van der Waals surface area contributed by atoms with Gasteiger partial charge in [0.2, 0.25) is 0 Å². The average Bonchev–Trinajstić information content (AvgIpc) is 2.18. The molecule has 3 heteroatoms. The second-order valence-electron chi connectivity index (χ2n) is 2.76. The molecule has 70 valence electrons. The first-order valence-corrected chi connectivity index (χ1v) is 4.16. The number of benzene rings is 1. The first-order chi connectivity index (χ1) is 6.27. The molecule has 2 nitrogen and oxygen atoms in total. The highest BCUT2D eigenvalue weighted by atomic mass is 19.1. The average molecular weight is 181 g/mol. The third-order valence-electron chi connectivity index (χ3n) is 1.84. The summed E-state index contributed by atoms with van der Waals surface area (Å²) in [6.45, 7) is -0.355. The van der Waals surface area contributed by atoms with Gasteiger partial charge in [0.1, 0.15) is 0 Å². The standard InChI is InChI=1S/C10H12FNO/c11-6-5-8-1-3-9(4-2-8)10(13)7-12/h1-4H,5-7,12H2. The summed E-state index contributed by atoms with van der Waals surface area (Å²) in [5.74, 6) is -0.0909. The molecule has 0 spiro atoms. The Balaban J connectivity index is 2.75. The Morgan fingerprint density at radius 2 is 1.92 bits per heavy atom. The lowest BCUT2D eigenvalue weighted by Crippen LogP contribution is -2.13. The van der Waals surface area contributed by atoms with Crippen molar-refractivity contribution < 1.29 is 9.18 Å². The Morgan fingerprint density at radius 3 is 2.38 bits per heavy atom. The van der Waals surface area contributed by atoms with Crippen molar-refractivity contribution in [3.05, 3.63) is 35.4 Å². The zero-order valence-corrected chi connectivity index (χ0v) is 7.29. The monoisotopic (exact) mass is 181 g/mol. The van der Waals surface area contributed by atoms with E-state index in [0.717, 1.165) is 5.56 Å². The fourth-order valence-corrected chi connectivity index (χ4v) is 1.08. The van der Waals surface area contributed by atoms with Crippen LogP contribution in [0.3, 0.4) is 0 Å². The van der Waals surface area contributed by atoms with Gasteiger partial charge in [-0.2, -0.15) is 0 Å². The van der Waals surface area contributed by atoms with Crippen molar-refractivity contribution in [2.24, 2.45) is 5.73 Å². The summed E-state index contributed by atoms with van der Waals surface area (Å²) in [6, 6.07) is 6.87. The van der Waals surface area contributed by atoms with Gasteiger partial charge in [0.25, 0.3) is 0 Å². The largest absolute Gasteiger partial charge is 0.324 e. The van der Waals surface area contributed by atoms with Gasteiger partial charge >= 0.3 is 0 Å². The van der Waals surface area contributed by atoms with Crippen molar-refractivity contribution in [3.8, 4) is 0 Å². The summed E-state index contributed by atoms with van der Waals surface area (Å²) in [4.78, 5) is 11.1. The van der Waals surface area contributed by atoms with E-state index in [4.69, 9.17) is 5.73 Å². The molecule has 0 amide bonds. The Morgan fingerprint density at radius 1 is 1.31 bits per heavy atom. The molecule has 0 aliphatic rings. The fraction of sp³-hybridized carbons (Fsp3) is 0.300. The van der Waals surface area contributed by atoms with Crippen LogP contribution >= 0.6 is 0 Å². The van der Waals surface area contributed by atoms with Gasteiger partial charge in [-0.05, 0) is 5.56 Å². The maximum atomic E-state index is 11.9. The van der Waals surface area contributed by atoms with Crippen LogP contribution in [0, 0.1) is 0 Å². The van der Waals surface area contributed by atoms with Crippen LogP contribution in [-0.2, 0) is 6.42 Å². The smallest absolute Gasteiger partial charge is 0.176 e. The maximum absolute atomic E-state index is 11.9. The van der Waals surface area contributed by atoms with Gasteiger partial charge in [-0.25, -0.2) is 0 Å². The molecule has 1 aromatic rings. The van der Waals surface area contributed by atoms with E-state index in [9.17, 15) is 9.18 Å². The molecule has 0 saturated carbocycles. The summed E-state index contributed by atoms with van der Waals surface area (Å²) >= 11 is 0. The van der Waals surface area contributed by atoms with Crippen LogP contribution in [0.15, 0.2) is 24.3 Å². The molecule has 0 aromatic heterocycles. The Hall–Kier alpha value is -1.22. The van der Waals surface area contributed by atoms with E-state index in [2.05, 4.69) is 0 Å². The van der Waals surface area contributed by atoms with Crippen molar-refractivity contribution in [1.82, 2.24) is 0 Å². The van der Waals surface area contributed by atoms with Crippen LogP contribution in [0.4, 0.5) is 4.39 Å². The van der Waals surface area contributed by atoms with E-state index in [-0.39, 0.29) is 19.0 Å². The minimum Gasteiger partial charge on any atom is -0.324 e. The molecular formula is C10H12FNO. The number of Topliss-reactive ketones (excluding diaryl/α,β-unsaturated/α-hetero) is 1. The topological polar surface area (TPSA) is 43.1 Å². The van der Waals surface area contributed by atoms with Gasteiger partial charge in [0, 0.05) is 12.0 Å². The van der Waals surface area contributed by atoms with Crippen LogP contribution in [0.25, 0.3) is 0 Å². The third kappa shape index (κ3) is 2.63. The number of rotatable bonds is 4. The molecule has 13 heavy (non-hydrogen) atoms. The molecule has 0 unspecified atom stereocenters. The molecule has 0 saturated heterocycles. The van der Waals surface area contributed by atoms with E-state index >= 15 is 0 Å². The first kappa shape index (κ1) is 9.86. The number of alkyl halides is 1. The zero-order valence-electron chi connectivity index (χ0n) is 7.29. The summed E-state index contributed by atoms with van der Waals surface area (Å²) < 4.78 is 11.9. The van der Waals surface area contributed by atoms with E-state index in [1.807, 2.05) is 0 Å². The highest BCUT2D eigenvalue weighted by Gasteiger charge is 2.01. The molecule has 2 N–H and O–H groups in total. The maximum Gasteiger partial charge on any atom is 0.176 e. The Labute approximate surface area is 76.6 Å². The van der Waals surface area contributed by atoms with Crippen molar-refractivity contribution >= 4 is 5.78 Å². The van der Waals surface area contributed by atoms with Gasteiger partial charge in [-0.3, -0.25) is 9.18 Å². The number of nitrogens with two attached hydrogens (primary N) is 1. The number of carbonyl (C=O) groups is 1. The predicted molar refractivity (Wildman–Crippen MR) is 49.5 cm³/mol. The van der Waals surface area contributed by atoms with E-state index in [0.29, 0.717) is 12.0 Å². The highest BCUT2D eigenvalue weighted by Crippen LogP contribution is 2.05. The van der Waals surface area contributed by atoms with Crippen molar-refractivity contribution in [2.75, 3.05) is 13.2 Å². The molecule has 0 aliphatic heterocycles. The second kappa shape index (κ2) is 4.72. The highest BCUT2D eigenvalue weighted by molar-refractivity contribution is 5.97. The number of carbonyl (C=O) groups excluding carboxylic acids is 1. The normalized spacial score (nSPS) is 10.0. The van der Waals surface area contributed by atoms with Crippen LogP contribution < -0.4 is 5.73 Å². The number of hydrogen-bond donors (Lipinski definition) is 1. The van der Waals surface area contributed by atoms with Gasteiger partial charge in [0.15, 0.2) is 5.78 Å². The minimum absolute atomic E-state index is 0.0163. The first-order valence-electron chi connectivity index (χ1n) is 4.16. The van der Waals surface area contributed by atoms with Crippen molar-refractivity contribution in [1.29, 1.82) is 0 Å². The van der Waals surface area contributed by atoms with Gasteiger partial charge in [-0.15, -0.1) is 0 Å².